The van der Waals surface area contributed by atoms with Crippen LogP contribution in [-0.2, 0) is 20.9 Å². The minimum Gasteiger partial charge on any atom is -0.375 e. The van der Waals surface area contributed by atoms with Crippen molar-refractivity contribution in [3.63, 3.8) is 0 Å². The van der Waals surface area contributed by atoms with Gasteiger partial charge in [0.05, 0.1) is 19.8 Å². The minimum absolute atomic E-state index is 0.379. The molecule has 1 heterocycles. The summed E-state index contributed by atoms with van der Waals surface area (Å²) >= 11 is 0. The molecule has 1 fully saturated rings. The first-order valence-corrected chi connectivity index (χ1v) is 5.83. The zero-order valence-electron chi connectivity index (χ0n) is 9.75. The van der Waals surface area contributed by atoms with Gasteiger partial charge in [0.25, 0.3) is 0 Å². The highest BCUT2D eigenvalue weighted by Gasteiger charge is 2.23. The summed E-state index contributed by atoms with van der Waals surface area (Å²) in [6, 6.07) is 10.0. The zero-order chi connectivity index (χ0) is 11.9. The second kappa shape index (κ2) is 6.49. The van der Waals surface area contributed by atoms with Crippen LogP contribution in [0.2, 0.25) is 0 Å². The Labute approximate surface area is 101 Å². The molecule has 0 amide bonds. The van der Waals surface area contributed by atoms with E-state index < -0.39 is 0 Å². The molecule has 2 rings (SSSR count). The Hall–Kier alpha value is -1.23. The highest BCUT2D eigenvalue weighted by molar-refractivity contribution is 5.55. The van der Waals surface area contributed by atoms with Crippen molar-refractivity contribution in [3.05, 3.63) is 35.9 Å². The third-order valence-corrected chi connectivity index (χ3v) is 2.78. The van der Waals surface area contributed by atoms with Gasteiger partial charge in [-0.15, -0.1) is 0 Å². The summed E-state index contributed by atoms with van der Waals surface area (Å²) < 4.78 is 10.8. The summed E-state index contributed by atoms with van der Waals surface area (Å²) in [4.78, 5) is 12.6. The van der Waals surface area contributed by atoms with Gasteiger partial charge in [0.1, 0.15) is 0 Å². The molecular formula is C13H17NO3. The molecule has 4 heteroatoms. The first-order valence-electron chi connectivity index (χ1n) is 5.83. The van der Waals surface area contributed by atoms with E-state index in [1.807, 2.05) is 35.2 Å². The highest BCUT2D eigenvalue weighted by Crippen LogP contribution is 2.07. The van der Waals surface area contributed by atoms with Gasteiger partial charge in [-0.2, -0.15) is 0 Å². The molecule has 1 aromatic carbocycles. The Morgan fingerprint density at radius 3 is 3.00 bits per heavy atom. The van der Waals surface area contributed by atoms with Gasteiger partial charge in [-0.1, -0.05) is 30.3 Å². The van der Waals surface area contributed by atoms with E-state index in [1.54, 1.807) is 0 Å². The average Bonchev–Trinajstić information content (AvgIpc) is 2.83. The maximum absolute atomic E-state index is 10.7. The third-order valence-electron chi connectivity index (χ3n) is 2.78. The van der Waals surface area contributed by atoms with Gasteiger partial charge in [0.15, 0.2) is 12.5 Å². The Bertz CT molecular complexity index is 342. The van der Waals surface area contributed by atoms with Crippen LogP contribution in [0.25, 0.3) is 0 Å². The van der Waals surface area contributed by atoms with Gasteiger partial charge in [0, 0.05) is 13.1 Å². The van der Waals surface area contributed by atoms with E-state index in [9.17, 15) is 4.79 Å². The van der Waals surface area contributed by atoms with Gasteiger partial charge < -0.3 is 9.47 Å². The zero-order valence-corrected chi connectivity index (χ0v) is 9.75. The van der Waals surface area contributed by atoms with Crippen LogP contribution in [0, 0.1) is 0 Å². The minimum atomic E-state index is -0.379. The largest absolute Gasteiger partial charge is 0.375 e. The van der Waals surface area contributed by atoms with Crippen molar-refractivity contribution in [2.45, 2.75) is 12.8 Å². The van der Waals surface area contributed by atoms with Crippen LogP contribution in [-0.4, -0.2) is 43.7 Å². The summed E-state index contributed by atoms with van der Waals surface area (Å²) in [6.07, 6.45) is 0.458. The predicted octanol–water partition coefficient (Wildman–Crippen LogP) is 1.06. The summed E-state index contributed by atoms with van der Waals surface area (Å²) in [5.41, 5.74) is 1.16. The number of benzene rings is 1. The molecule has 0 aliphatic carbocycles. The van der Waals surface area contributed by atoms with Crippen LogP contribution in [0.15, 0.2) is 30.3 Å². The van der Waals surface area contributed by atoms with Crippen molar-refractivity contribution in [1.29, 1.82) is 0 Å². The molecule has 1 aliphatic rings. The number of carbonyl (C=O) groups is 1. The molecule has 0 radical (unpaired) electrons. The van der Waals surface area contributed by atoms with Crippen LogP contribution in [0.3, 0.4) is 0 Å². The first-order chi connectivity index (χ1) is 8.40. The van der Waals surface area contributed by atoms with Crippen LogP contribution < -0.4 is 0 Å². The van der Waals surface area contributed by atoms with Gasteiger partial charge in [-0.25, -0.2) is 0 Å². The number of aldehydes is 1. The molecule has 1 unspecified atom stereocenters. The fourth-order valence-electron chi connectivity index (χ4n) is 1.83. The van der Waals surface area contributed by atoms with Gasteiger partial charge in [0.2, 0.25) is 0 Å². The Balaban J connectivity index is 1.65. The normalized spacial score (nSPS) is 20.6. The molecule has 92 valence electrons. The van der Waals surface area contributed by atoms with Crippen molar-refractivity contribution in [3.8, 4) is 0 Å². The number of rotatable bonds is 6. The van der Waals surface area contributed by atoms with E-state index in [0.29, 0.717) is 19.8 Å². The van der Waals surface area contributed by atoms with Crippen LogP contribution in [0.1, 0.15) is 5.56 Å². The number of carbonyl (C=O) groups excluding carboxylic acids is 1. The third kappa shape index (κ3) is 3.63. The predicted molar refractivity (Wildman–Crippen MR) is 63.5 cm³/mol. The average molecular weight is 235 g/mol. The summed E-state index contributed by atoms with van der Waals surface area (Å²) in [6.45, 7) is 3.39. The second-order valence-corrected chi connectivity index (χ2v) is 3.97. The van der Waals surface area contributed by atoms with Gasteiger partial charge >= 0.3 is 0 Å². The molecule has 4 nitrogen and oxygen atoms in total. The number of hydrogen-bond acceptors (Lipinski definition) is 4. The van der Waals surface area contributed by atoms with Crippen LogP contribution >= 0.6 is 0 Å². The molecular weight excluding hydrogens is 218 g/mol. The second-order valence-electron chi connectivity index (χ2n) is 3.97. The molecule has 1 aromatic rings. The lowest BCUT2D eigenvalue weighted by Crippen LogP contribution is -2.34. The van der Waals surface area contributed by atoms with Crippen LogP contribution in [0.5, 0.6) is 0 Å². The standard InChI is InChI=1S/C13H17NO3/c15-10-13-14(7-9-17-13)6-8-16-11-12-4-2-1-3-5-12/h1-5,10,13H,6-9,11H2. The molecule has 1 saturated heterocycles. The lowest BCUT2D eigenvalue weighted by molar-refractivity contribution is -0.121. The summed E-state index contributed by atoms with van der Waals surface area (Å²) in [5, 5.41) is 0. The van der Waals surface area contributed by atoms with E-state index in [4.69, 9.17) is 9.47 Å². The topological polar surface area (TPSA) is 38.8 Å². The maximum Gasteiger partial charge on any atom is 0.167 e. The fourth-order valence-corrected chi connectivity index (χ4v) is 1.83. The van der Waals surface area contributed by atoms with Crippen molar-refractivity contribution in [2.24, 2.45) is 0 Å². The SMILES string of the molecule is O=CC1OCCN1CCOCc1ccccc1. The van der Waals surface area contributed by atoms with E-state index in [1.165, 1.54) is 0 Å². The number of nitrogens with zero attached hydrogens (tertiary/aromatic N) is 1. The van der Waals surface area contributed by atoms with Crippen molar-refractivity contribution >= 4 is 6.29 Å². The fraction of sp³-hybridized carbons (Fsp3) is 0.462. The smallest absolute Gasteiger partial charge is 0.167 e. The van der Waals surface area contributed by atoms with E-state index >= 15 is 0 Å². The van der Waals surface area contributed by atoms with Gasteiger partial charge in [-0.05, 0) is 5.56 Å². The molecule has 0 saturated carbocycles. The lowest BCUT2D eigenvalue weighted by atomic mass is 10.2. The molecule has 17 heavy (non-hydrogen) atoms. The van der Waals surface area contributed by atoms with Crippen molar-refractivity contribution < 1.29 is 14.3 Å². The van der Waals surface area contributed by atoms with E-state index in [-0.39, 0.29) is 6.23 Å². The molecule has 0 bridgehead atoms. The molecule has 0 spiro atoms. The lowest BCUT2D eigenvalue weighted by Gasteiger charge is -2.17. The van der Waals surface area contributed by atoms with E-state index in [2.05, 4.69) is 0 Å². The monoisotopic (exact) mass is 235 g/mol. The Morgan fingerprint density at radius 2 is 2.24 bits per heavy atom. The first kappa shape index (κ1) is 12.2. The Kier molecular flexibility index (Phi) is 4.67. The van der Waals surface area contributed by atoms with Crippen LogP contribution in [0.4, 0.5) is 0 Å². The Morgan fingerprint density at radius 1 is 1.41 bits per heavy atom. The van der Waals surface area contributed by atoms with Crippen molar-refractivity contribution in [2.75, 3.05) is 26.3 Å². The van der Waals surface area contributed by atoms with Crippen molar-refractivity contribution in [1.82, 2.24) is 4.90 Å². The molecule has 1 atom stereocenters. The van der Waals surface area contributed by atoms with E-state index in [0.717, 1.165) is 24.9 Å². The molecule has 0 N–H and O–H groups in total. The summed E-state index contributed by atoms with van der Waals surface area (Å²) in [7, 11) is 0. The summed E-state index contributed by atoms with van der Waals surface area (Å²) in [5.74, 6) is 0. The van der Waals surface area contributed by atoms with Gasteiger partial charge in [-0.3, -0.25) is 9.69 Å². The highest BCUT2D eigenvalue weighted by atomic mass is 16.5. The maximum atomic E-state index is 10.7. The number of ether oxygens (including phenoxy) is 2. The molecule has 0 aromatic heterocycles. The molecule has 1 aliphatic heterocycles. The quantitative estimate of drug-likeness (QED) is 0.546. The number of hydrogen-bond donors (Lipinski definition) is 0.